The van der Waals surface area contributed by atoms with Gasteiger partial charge in [0.15, 0.2) is 5.79 Å². The van der Waals surface area contributed by atoms with Crippen molar-refractivity contribution >= 4 is 15.9 Å². The van der Waals surface area contributed by atoms with Gasteiger partial charge < -0.3 is 19.5 Å². The van der Waals surface area contributed by atoms with Crippen LogP contribution in [-0.2, 0) is 20.8 Å². The fraction of sp³-hybridized carbons (Fsp3) is 0.571. The summed E-state index contributed by atoms with van der Waals surface area (Å²) in [6.45, 7) is 1.99. The van der Waals surface area contributed by atoms with Crippen molar-refractivity contribution in [2.45, 2.75) is 24.8 Å². The summed E-state index contributed by atoms with van der Waals surface area (Å²) in [6, 6.07) is 8.17. The lowest BCUT2D eigenvalue weighted by molar-refractivity contribution is -0.259. The number of hydrogen-bond acceptors (Lipinski definition) is 4. The first kappa shape index (κ1) is 14.9. The molecule has 1 heterocycles. The topological polar surface area (TPSA) is 39.7 Å². The monoisotopic (exact) mass is 329 g/mol. The molecule has 5 heteroatoms. The van der Waals surface area contributed by atoms with Gasteiger partial charge in [-0.05, 0) is 11.6 Å². The van der Waals surface area contributed by atoms with Crippen molar-refractivity contribution in [2.24, 2.45) is 0 Å². The van der Waals surface area contributed by atoms with Gasteiger partial charge in [-0.3, -0.25) is 0 Å². The maximum absolute atomic E-state index is 5.58. The van der Waals surface area contributed by atoms with Gasteiger partial charge >= 0.3 is 0 Å². The molecule has 0 saturated carbocycles. The van der Waals surface area contributed by atoms with E-state index in [-0.39, 0.29) is 6.04 Å². The zero-order valence-corrected chi connectivity index (χ0v) is 12.9. The van der Waals surface area contributed by atoms with Crippen LogP contribution in [0.25, 0.3) is 0 Å². The van der Waals surface area contributed by atoms with Crippen molar-refractivity contribution in [3.05, 3.63) is 34.3 Å². The molecule has 1 N–H and O–H groups in total. The molecule has 2 rings (SSSR count). The summed E-state index contributed by atoms with van der Waals surface area (Å²) in [6.07, 6.45) is 0.730. The number of ether oxygens (including phenoxy) is 3. The molecule has 0 radical (unpaired) electrons. The average molecular weight is 330 g/mol. The first-order chi connectivity index (χ1) is 9.22. The minimum atomic E-state index is -0.598. The molecule has 1 atom stereocenters. The standard InChI is InChI=1S/C14H20BrNO3/c1-17-14(18-2)7-8-19-10-13(14)16-9-11-5-3-4-6-12(11)15/h3-6,13,16H,7-10H2,1-2H3. The predicted molar refractivity (Wildman–Crippen MR) is 77.0 cm³/mol. The van der Waals surface area contributed by atoms with Gasteiger partial charge in [0.1, 0.15) is 0 Å². The Bertz CT molecular complexity index is 409. The van der Waals surface area contributed by atoms with Gasteiger partial charge in [-0.25, -0.2) is 0 Å². The van der Waals surface area contributed by atoms with Crippen molar-refractivity contribution in [2.75, 3.05) is 27.4 Å². The van der Waals surface area contributed by atoms with Gasteiger partial charge in [0.2, 0.25) is 0 Å². The van der Waals surface area contributed by atoms with Crippen LogP contribution in [0.5, 0.6) is 0 Å². The highest BCUT2D eigenvalue weighted by Gasteiger charge is 2.41. The molecule has 4 nitrogen and oxygen atoms in total. The molecule has 1 aromatic rings. The number of halogens is 1. The zero-order chi connectivity index (χ0) is 13.7. The molecule has 0 bridgehead atoms. The zero-order valence-electron chi connectivity index (χ0n) is 11.3. The Morgan fingerprint density at radius 2 is 2.11 bits per heavy atom. The van der Waals surface area contributed by atoms with E-state index in [1.54, 1.807) is 14.2 Å². The van der Waals surface area contributed by atoms with Crippen LogP contribution in [0.4, 0.5) is 0 Å². The van der Waals surface area contributed by atoms with Crippen LogP contribution in [0, 0.1) is 0 Å². The maximum Gasteiger partial charge on any atom is 0.187 e. The molecule has 1 saturated heterocycles. The number of nitrogens with one attached hydrogen (secondary N) is 1. The average Bonchev–Trinajstić information content (AvgIpc) is 2.47. The SMILES string of the molecule is COC1(OC)CCOCC1NCc1ccccc1Br. The van der Waals surface area contributed by atoms with E-state index in [0.29, 0.717) is 13.2 Å². The Hall–Kier alpha value is -0.460. The number of rotatable bonds is 5. The van der Waals surface area contributed by atoms with Gasteiger partial charge in [-0.2, -0.15) is 0 Å². The minimum absolute atomic E-state index is 0.0170. The van der Waals surface area contributed by atoms with Crippen LogP contribution in [0.15, 0.2) is 28.7 Å². The third-order valence-corrected chi connectivity index (χ3v) is 4.37. The van der Waals surface area contributed by atoms with Crippen LogP contribution in [0.3, 0.4) is 0 Å². The quantitative estimate of drug-likeness (QED) is 0.841. The number of methoxy groups -OCH3 is 2. The Morgan fingerprint density at radius 1 is 1.37 bits per heavy atom. The van der Waals surface area contributed by atoms with Crippen molar-refractivity contribution in [1.29, 1.82) is 0 Å². The van der Waals surface area contributed by atoms with Crippen LogP contribution < -0.4 is 5.32 Å². The predicted octanol–water partition coefficient (Wildman–Crippen LogP) is 2.32. The fourth-order valence-electron chi connectivity index (χ4n) is 2.38. The lowest BCUT2D eigenvalue weighted by Crippen LogP contribution is -2.58. The van der Waals surface area contributed by atoms with E-state index in [2.05, 4.69) is 27.3 Å². The molecule has 1 fully saturated rings. The van der Waals surface area contributed by atoms with Crippen LogP contribution in [0.2, 0.25) is 0 Å². The highest BCUT2D eigenvalue weighted by molar-refractivity contribution is 9.10. The van der Waals surface area contributed by atoms with Crippen molar-refractivity contribution in [3.63, 3.8) is 0 Å². The summed E-state index contributed by atoms with van der Waals surface area (Å²) in [5.41, 5.74) is 1.20. The maximum atomic E-state index is 5.58. The first-order valence-corrected chi connectivity index (χ1v) is 7.16. The third kappa shape index (κ3) is 3.35. The molecule has 0 aromatic heterocycles. The molecule has 106 valence electrons. The lowest BCUT2D eigenvalue weighted by Gasteiger charge is -2.41. The molecule has 0 amide bonds. The summed E-state index contributed by atoms with van der Waals surface area (Å²) in [7, 11) is 3.36. The van der Waals surface area contributed by atoms with Crippen LogP contribution in [-0.4, -0.2) is 39.3 Å². The Kier molecular flexibility index (Phi) is 5.36. The third-order valence-electron chi connectivity index (χ3n) is 3.60. The van der Waals surface area contributed by atoms with E-state index < -0.39 is 5.79 Å². The molecule has 19 heavy (non-hydrogen) atoms. The second-order valence-corrected chi connectivity index (χ2v) is 5.42. The molecule has 1 aromatic carbocycles. The minimum Gasteiger partial charge on any atom is -0.379 e. The largest absolute Gasteiger partial charge is 0.379 e. The molecule has 1 unspecified atom stereocenters. The molecule has 0 spiro atoms. The van der Waals surface area contributed by atoms with Crippen molar-refractivity contribution in [1.82, 2.24) is 5.32 Å². The lowest BCUT2D eigenvalue weighted by atomic mass is 10.0. The van der Waals surface area contributed by atoms with E-state index >= 15 is 0 Å². The van der Waals surface area contributed by atoms with E-state index in [1.165, 1.54) is 5.56 Å². The van der Waals surface area contributed by atoms with Gasteiger partial charge in [-0.15, -0.1) is 0 Å². The van der Waals surface area contributed by atoms with Gasteiger partial charge in [0, 0.05) is 31.7 Å². The normalized spacial score (nSPS) is 22.4. The summed E-state index contributed by atoms with van der Waals surface area (Å²) in [5.74, 6) is -0.598. The van der Waals surface area contributed by atoms with E-state index in [9.17, 15) is 0 Å². The molecular formula is C14H20BrNO3. The van der Waals surface area contributed by atoms with Crippen molar-refractivity contribution in [3.8, 4) is 0 Å². The molecule has 1 aliphatic heterocycles. The van der Waals surface area contributed by atoms with Crippen molar-refractivity contribution < 1.29 is 14.2 Å². The van der Waals surface area contributed by atoms with Gasteiger partial charge in [0.05, 0.1) is 19.3 Å². The summed E-state index contributed by atoms with van der Waals surface area (Å²) >= 11 is 3.55. The Morgan fingerprint density at radius 3 is 2.79 bits per heavy atom. The van der Waals surface area contributed by atoms with E-state index in [1.807, 2.05) is 18.2 Å². The van der Waals surface area contributed by atoms with E-state index in [0.717, 1.165) is 17.4 Å². The number of benzene rings is 1. The van der Waals surface area contributed by atoms with Gasteiger partial charge in [0.25, 0.3) is 0 Å². The second-order valence-electron chi connectivity index (χ2n) is 4.57. The second kappa shape index (κ2) is 6.81. The van der Waals surface area contributed by atoms with Crippen LogP contribution >= 0.6 is 15.9 Å². The molecule has 1 aliphatic rings. The van der Waals surface area contributed by atoms with Crippen LogP contribution in [0.1, 0.15) is 12.0 Å². The highest BCUT2D eigenvalue weighted by atomic mass is 79.9. The smallest absolute Gasteiger partial charge is 0.187 e. The van der Waals surface area contributed by atoms with Gasteiger partial charge in [-0.1, -0.05) is 34.1 Å². The number of hydrogen-bond donors (Lipinski definition) is 1. The highest BCUT2D eigenvalue weighted by Crippen LogP contribution is 2.26. The summed E-state index contributed by atoms with van der Waals surface area (Å²) < 4.78 is 17.8. The molecule has 0 aliphatic carbocycles. The fourth-order valence-corrected chi connectivity index (χ4v) is 2.80. The first-order valence-electron chi connectivity index (χ1n) is 6.36. The molecular weight excluding hydrogens is 310 g/mol. The Labute approximate surface area is 122 Å². The van der Waals surface area contributed by atoms with E-state index in [4.69, 9.17) is 14.2 Å². The summed E-state index contributed by atoms with van der Waals surface area (Å²) in [5, 5.41) is 3.47. The Balaban J connectivity index is 2.02. The summed E-state index contributed by atoms with van der Waals surface area (Å²) in [4.78, 5) is 0.